The van der Waals surface area contributed by atoms with E-state index < -0.39 is 0 Å². The van der Waals surface area contributed by atoms with Crippen LogP contribution >= 0.6 is 11.3 Å². The van der Waals surface area contributed by atoms with Gasteiger partial charge < -0.3 is 15.1 Å². The Balaban J connectivity index is 1.35. The normalized spacial score (nSPS) is 22.1. The van der Waals surface area contributed by atoms with Gasteiger partial charge in [0.25, 0.3) is 5.91 Å². The van der Waals surface area contributed by atoms with Crippen molar-refractivity contribution in [3.05, 3.63) is 47.5 Å². The smallest absolute Gasteiger partial charge is 0.271 e. The van der Waals surface area contributed by atoms with Crippen LogP contribution in [0.25, 0.3) is 0 Å². The molecule has 0 radical (unpaired) electrons. The van der Waals surface area contributed by atoms with Crippen LogP contribution in [0.5, 0.6) is 0 Å². The number of benzene rings is 1. The number of nitrogens with one attached hydrogen (secondary N) is 1. The molecule has 3 heterocycles. The third-order valence-electron chi connectivity index (χ3n) is 4.83. The highest BCUT2D eigenvalue weighted by Gasteiger charge is 2.34. The molecule has 2 aliphatic heterocycles. The maximum Gasteiger partial charge on any atom is 0.271 e. The summed E-state index contributed by atoms with van der Waals surface area (Å²) in [7, 11) is 0. The number of thiazole rings is 1. The number of anilines is 1. The van der Waals surface area contributed by atoms with Crippen molar-refractivity contribution in [2.45, 2.75) is 25.4 Å². The van der Waals surface area contributed by atoms with Gasteiger partial charge in [-0.15, -0.1) is 11.3 Å². The zero-order valence-electron chi connectivity index (χ0n) is 14.7. The van der Waals surface area contributed by atoms with E-state index in [4.69, 9.17) is 4.84 Å². The quantitative estimate of drug-likeness (QED) is 0.879. The van der Waals surface area contributed by atoms with Crippen LogP contribution in [-0.2, 0) is 14.4 Å². The predicted octanol–water partition coefficient (Wildman–Crippen LogP) is 2.84. The van der Waals surface area contributed by atoms with Gasteiger partial charge in [-0.3, -0.25) is 9.59 Å². The molecule has 0 spiro atoms. The summed E-state index contributed by atoms with van der Waals surface area (Å²) in [5.41, 5.74) is 1.42. The summed E-state index contributed by atoms with van der Waals surface area (Å²) in [5.74, 6) is -0.464. The number of aromatic nitrogens is 1. The van der Waals surface area contributed by atoms with Crippen molar-refractivity contribution in [1.29, 1.82) is 0 Å². The number of hydrogen-bond acceptors (Lipinski definition) is 6. The molecule has 1 aromatic carbocycles. The lowest BCUT2D eigenvalue weighted by Gasteiger charge is -2.31. The van der Waals surface area contributed by atoms with Crippen LogP contribution in [0.3, 0.4) is 0 Å². The topological polar surface area (TPSA) is 83.9 Å². The fraction of sp³-hybridized carbons (Fsp3) is 0.368. The number of oxime groups is 1. The van der Waals surface area contributed by atoms with Crippen molar-refractivity contribution in [2.75, 3.05) is 18.4 Å². The van der Waals surface area contributed by atoms with Crippen LogP contribution in [-0.4, -0.2) is 40.5 Å². The van der Waals surface area contributed by atoms with Crippen LogP contribution in [0.4, 0.5) is 5.13 Å². The van der Waals surface area contributed by atoms with E-state index in [0.717, 1.165) is 18.4 Å². The molecule has 1 N–H and O–H groups in total. The number of nitrogens with zero attached hydrogens (tertiary/aromatic N) is 3. The van der Waals surface area contributed by atoms with Crippen molar-refractivity contribution in [3.63, 3.8) is 0 Å². The lowest BCUT2D eigenvalue weighted by molar-refractivity contribution is -0.128. The van der Waals surface area contributed by atoms with E-state index in [1.807, 2.05) is 35.7 Å². The molecule has 0 saturated carbocycles. The fourth-order valence-electron chi connectivity index (χ4n) is 3.40. The van der Waals surface area contributed by atoms with Gasteiger partial charge >= 0.3 is 0 Å². The van der Waals surface area contributed by atoms with Gasteiger partial charge in [0.1, 0.15) is 5.71 Å². The number of amides is 2. The van der Waals surface area contributed by atoms with Crippen molar-refractivity contribution in [3.8, 4) is 0 Å². The lowest BCUT2D eigenvalue weighted by Crippen LogP contribution is -2.46. The first-order valence-electron chi connectivity index (χ1n) is 8.98. The minimum atomic E-state index is -0.237. The molecule has 7 nitrogen and oxygen atoms in total. The molecule has 1 fully saturated rings. The average molecular weight is 384 g/mol. The van der Waals surface area contributed by atoms with Crippen LogP contribution in [0.2, 0.25) is 0 Å². The second-order valence-electron chi connectivity index (χ2n) is 6.66. The molecule has 140 valence electrons. The highest BCUT2D eigenvalue weighted by molar-refractivity contribution is 7.13. The van der Waals surface area contributed by atoms with Gasteiger partial charge in [0, 0.05) is 31.1 Å². The molecule has 8 heteroatoms. The molecular formula is C19H20N4O3S. The Morgan fingerprint density at radius 1 is 1.26 bits per heavy atom. The Kier molecular flexibility index (Phi) is 5.15. The molecule has 4 rings (SSSR count). The summed E-state index contributed by atoms with van der Waals surface area (Å²) in [6.45, 7) is 1.03. The molecule has 2 unspecified atom stereocenters. The Morgan fingerprint density at radius 2 is 2.11 bits per heavy atom. The highest BCUT2D eigenvalue weighted by atomic mass is 32.1. The van der Waals surface area contributed by atoms with Gasteiger partial charge in [0.2, 0.25) is 5.91 Å². The summed E-state index contributed by atoms with van der Waals surface area (Å²) in [4.78, 5) is 36.5. The first-order chi connectivity index (χ1) is 13.2. The second kappa shape index (κ2) is 7.87. The lowest BCUT2D eigenvalue weighted by atomic mass is 9.96. The van der Waals surface area contributed by atoms with E-state index in [0.29, 0.717) is 30.4 Å². The first-order valence-corrected chi connectivity index (χ1v) is 9.86. The van der Waals surface area contributed by atoms with Crippen LogP contribution in [0.15, 0.2) is 47.1 Å². The molecule has 0 bridgehead atoms. The Labute approximate surface area is 161 Å². The van der Waals surface area contributed by atoms with Gasteiger partial charge in [-0.25, -0.2) is 4.98 Å². The third kappa shape index (κ3) is 4.00. The van der Waals surface area contributed by atoms with Gasteiger partial charge in [-0.2, -0.15) is 0 Å². The van der Waals surface area contributed by atoms with Crippen molar-refractivity contribution in [2.24, 2.45) is 11.1 Å². The number of likely N-dealkylation sites (tertiary alicyclic amines) is 1. The summed E-state index contributed by atoms with van der Waals surface area (Å²) in [6, 6.07) is 9.75. The standard InChI is InChI=1S/C19H20N4O3S/c24-17(21-19-20-8-10-27-19)14-7-4-9-23(12-14)18(25)15-11-16(26-22-15)13-5-2-1-3-6-13/h1-3,5-6,8,10,14,16H,4,7,9,11-12H2,(H,20,21,24). The maximum absolute atomic E-state index is 12.8. The van der Waals surface area contributed by atoms with E-state index in [9.17, 15) is 9.59 Å². The molecule has 2 aliphatic rings. The highest BCUT2D eigenvalue weighted by Crippen LogP contribution is 2.28. The van der Waals surface area contributed by atoms with Gasteiger partial charge in [-0.1, -0.05) is 35.5 Å². The largest absolute Gasteiger partial charge is 0.387 e. The van der Waals surface area contributed by atoms with Crippen LogP contribution in [0, 0.1) is 5.92 Å². The molecule has 0 aliphatic carbocycles. The first kappa shape index (κ1) is 17.7. The van der Waals surface area contributed by atoms with Crippen molar-refractivity contribution < 1.29 is 14.4 Å². The summed E-state index contributed by atoms with van der Waals surface area (Å²) in [6.07, 6.45) is 3.43. The second-order valence-corrected chi connectivity index (χ2v) is 7.56. The summed E-state index contributed by atoms with van der Waals surface area (Å²) in [5, 5.41) is 9.24. The zero-order valence-corrected chi connectivity index (χ0v) is 15.5. The average Bonchev–Trinajstić information content (AvgIpc) is 3.40. The molecule has 1 saturated heterocycles. The monoisotopic (exact) mass is 384 g/mol. The molecule has 2 aromatic rings. The molecule has 27 heavy (non-hydrogen) atoms. The molecular weight excluding hydrogens is 364 g/mol. The van der Waals surface area contributed by atoms with E-state index in [2.05, 4.69) is 15.5 Å². The molecule has 2 atom stereocenters. The van der Waals surface area contributed by atoms with Gasteiger partial charge in [0.15, 0.2) is 11.2 Å². The Bertz CT molecular complexity index is 838. The van der Waals surface area contributed by atoms with E-state index in [1.165, 1.54) is 11.3 Å². The fourth-order valence-corrected chi connectivity index (χ4v) is 3.93. The SMILES string of the molecule is O=C(Nc1nccs1)C1CCCN(C(=O)C2=NOC(c3ccccc3)C2)C1. The number of hydrogen-bond donors (Lipinski definition) is 1. The van der Waals surface area contributed by atoms with Crippen LogP contribution in [0.1, 0.15) is 30.9 Å². The zero-order chi connectivity index (χ0) is 18.6. The Hall–Kier alpha value is -2.74. The van der Waals surface area contributed by atoms with Gasteiger partial charge in [0.05, 0.1) is 5.92 Å². The number of rotatable bonds is 4. The van der Waals surface area contributed by atoms with E-state index in [1.54, 1.807) is 11.1 Å². The number of carbonyl (C=O) groups is 2. The van der Waals surface area contributed by atoms with Crippen molar-refractivity contribution in [1.82, 2.24) is 9.88 Å². The van der Waals surface area contributed by atoms with E-state index in [-0.39, 0.29) is 23.8 Å². The molecule has 1 aromatic heterocycles. The van der Waals surface area contributed by atoms with Gasteiger partial charge in [-0.05, 0) is 18.4 Å². The summed E-state index contributed by atoms with van der Waals surface area (Å²) >= 11 is 1.38. The minimum Gasteiger partial charge on any atom is -0.387 e. The van der Waals surface area contributed by atoms with E-state index >= 15 is 0 Å². The van der Waals surface area contributed by atoms with Crippen LogP contribution < -0.4 is 5.32 Å². The minimum absolute atomic E-state index is 0.0887. The summed E-state index contributed by atoms with van der Waals surface area (Å²) < 4.78 is 0. The number of piperidine rings is 1. The third-order valence-corrected chi connectivity index (χ3v) is 5.52. The molecule has 2 amide bonds. The van der Waals surface area contributed by atoms with Crippen molar-refractivity contribution >= 4 is 34.0 Å². The Morgan fingerprint density at radius 3 is 2.89 bits per heavy atom. The maximum atomic E-state index is 12.8. The predicted molar refractivity (Wildman–Crippen MR) is 102 cm³/mol. The number of carbonyl (C=O) groups excluding carboxylic acids is 2.